The minimum absolute atomic E-state index is 0.106. The molecule has 1 atom stereocenters. The summed E-state index contributed by atoms with van der Waals surface area (Å²) in [7, 11) is 0. The molecule has 2 aromatic rings. The Morgan fingerprint density at radius 3 is 3.00 bits per heavy atom. The van der Waals surface area contributed by atoms with Gasteiger partial charge in [0.25, 0.3) is 0 Å². The number of nitriles is 1. The van der Waals surface area contributed by atoms with Crippen LogP contribution in [0, 0.1) is 11.3 Å². The molecule has 1 aromatic heterocycles. The molecule has 19 heavy (non-hydrogen) atoms. The Balaban J connectivity index is 2.19. The Hall–Kier alpha value is -1.76. The van der Waals surface area contributed by atoms with Gasteiger partial charge in [0, 0.05) is 23.0 Å². The summed E-state index contributed by atoms with van der Waals surface area (Å²) in [6.07, 6.45) is 5.09. The minimum Gasteiger partial charge on any atom is -0.324 e. The molecular weight excluding hydrogens is 258 g/mol. The number of nitrogens with two attached hydrogens (primary N) is 1. The predicted molar refractivity (Wildman–Crippen MR) is 75.4 cm³/mol. The van der Waals surface area contributed by atoms with Crippen molar-refractivity contribution >= 4 is 11.6 Å². The van der Waals surface area contributed by atoms with E-state index in [1.165, 1.54) is 11.3 Å². The Bertz CT molecular complexity index is 667. The van der Waals surface area contributed by atoms with Gasteiger partial charge in [-0.3, -0.25) is 0 Å². The maximum Gasteiger partial charge on any atom is 0.101 e. The van der Waals surface area contributed by atoms with Crippen LogP contribution in [0.1, 0.15) is 35.7 Å². The lowest BCUT2D eigenvalue weighted by Crippen LogP contribution is -2.18. The molecular formula is C15H14ClN3. The number of hydrogen-bond donors (Lipinski definition) is 1. The molecule has 1 unspecified atom stereocenters. The van der Waals surface area contributed by atoms with Crippen molar-refractivity contribution in [2.75, 3.05) is 0 Å². The van der Waals surface area contributed by atoms with Crippen molar-refractivity contribution in [3.63, 3.8) is 0 Å². The van der Waals surface area contributed by atoms with Crippen LogP contribution in [0.5, 0.6) is 0 Å². The number of fused-ring (bicyclic) bond motifs is 1. The molecule has 1 heterocycles. The highest BCUT2D eigenvalue weighted by molar-refractivity contribution is 6.30. The molecule has 1 aromatic carbocycles. The maximum atomic E-state index is 9.23. The molecule has 0 spiro atoms. The quantitative estimate of drug-likeness (QED) is 0.865. The van der Waals surface area contributed by atoms with Gasteiger partial charge in [-0.1, -0.05) is 11.6 Å². The summed E-state index contributed by atoms with van der Waals surface area (Å²) < 4.78 is 2.05. The van der Waals surface area contributed by atoms with Gasteiger partial charge >= 0.3 is 0 Å². The molecule has 0 bridgehead atoms. The van der Waals surface area contributed by atoms with Crippen molar-refractivity contribution in [3.8, 4) is 11.8 Å². The first-order valence-corrected chi connectivity index (χ1v) is 6.74. The molecule has 0 saturated heterocycles. The van der Waals surface area contributed by atoms with Crippen LogP contribution in [0.3, 0.4) is 0 Å². The zero-order chi connectivity index (χ0) is 13.4. The van der Waals surface area contributed by atoms with Crippen LogP contribution in [-0.4, -0.2) is 4.57 Å². The summed E-state index contributed by atoms with van der Waals surface area (Å²) in [6, 6.07) is 9.71. The molecule has 3 nitrogen and oxygen atoms in total. The van der Waals surface area contributed by atoms with Crippen molar-refractivity contribution in [1.29, 1.82) is 5.26 Å². The van der Waals surface area contributed by atoms with Gasteiger partial charge in [0.05, 0.1) is 11.3 Å². The van der Waals surface area contributed by atoms with E-state index in [2.05, 4.69) is 16.7 Å². The predicted octanol–water partition coefficient (Wildman–Crippen LogP) is 3.34. The zero-order valence-electron chi connectivity index (χ0n) is 10.4. The molecule has 3 rings (SSSR count). The van der Waals surface area contributed by atoms with Crippen molar-refractivity contribution in [2.45, 2.75) is 25.3 Å². The van der Waals surface area contributed by atoms with Crippen LogP contribution < -0.4 is 5.73 Å². The highest BCUT2D eigenvalue weighted by Crippen LogP contribution is 2.32. The highest BCUT2D eigenvalue weighted by atomic mass is 35.5. The molecule has 2 N–H and O–H groups in total. The zero-order valence-corrected chi connectivity index (χ0v) is 11.2. The summed E-state index contributed by atoms with van der Waals surface area (Å²) >= 11 is 6.06. The third-order valence-corrected chi connectivity index (χ3v) is 3.93. The number of nitrogens with zero attached hydrogens (tertiary/aromatic N) is 2. The Kier molecular flexibility index (Phi) is 3.06. The number of hydrogen-bond acceptors (Lipinski definition) is 2. The van der Waals surface area contributed by atoms with Crippen LogP contribution in [0.15, 0.2) is 30.5 Å². The molecule has 0 fully saturated rings. The molecule has 0 radical (unpaired) electrons. The SMILES string of the molecule is N#Cc1ccc(Cl)cc1-n1ccc2c1CCCC2N. The number of benzene rings is 1. The van der Waals surface area contributed by atoms with Gasteiger partial charge < -0.3 is 10.3 Å². The van der Waals surface area contributed by atoms with E-state index in [9.17, 15) is 5.26 Å². The van der Waals surface area contributed by atoms with E-state index < -0.39 is 0 Å². The minimum atomic E-state index is 0.106. The second-order valence-corrected chi connectivity index (χ2v) is 5.30. The summed E-state index contributed by atoms with van der Waals surface area (Å²) in [5.74, 6) is 0. The van der Waals surface area contributed by atoms with Gasteiger partial charge in [-0.2, -0.15) is 5.26 Å². The topological polar surface area (TPSA) is 54.7 Å². The molecule has 1 aliphatic carbocycles. The summed E-state index contributed by atoms with van der Waals surface area (Å²) in [4.78, 5) is 0. The smallest absolute Gasteiger partial charge is 0.101 e. The van der Waals surface area contributed by atoms with Crippen molar-refractivity contribution in [3.05, 3.63) is 52.3 Å². The second-order valence-electron chi connectivity index (χ2n) is 4.86. The molecule has 0 saturated carbocycles. The van der Waals surface area contributed by atoms with Gasteiger partial charge in [0.15, 0.2) is 0 Å². The number of halogens is 1. The number of rotatable bonds is 1. The first kappa shape index (κ1) is 12.3. The van der Waals surface area contributed by atoms with Gasteiger partial charge in [-0.25, -0.2) is 0 Å². The van der Waals surface area contributed by atoms with Crippen molar-refractivity contribution in [2.24, 2.45) is 5.73 Å². The van der Waals surface area contributed by atoms with Gasteiger partial charge in [0.2, 0.25) is 0 Å². The van der Waals surface area contributed by atoms with E-state index in [0.29, 0.717) is 10.6 Å². The van der Waals surface area contributed by atoms with Crippen LogP contribution in [0.2, 0.25) is 5.02 Å². The van der Waals surface area contributed by atoms with Gasteiger partial charge in [0.1, 0.15) is 6.07 Å². The Labute approximate surface area is 117 Å². The van der Waals surface area contributed by atoms with E-state index in [-0.39, 0.29) is 6.04 Å². The monoisotopic (exact) mass is 271 g/mol. The van der Waals surface area contributed by atoms with Crippen LogP contribution in [0.4, 0.5) is 0 Å². The molecule has 0 aliphatic heterocycles. The first-order valence-electron chi connectivity index (χ1n) is 6.36. The molecule has 1 aliphatic rings. The van der Waals surface area contributed by atoms with E-state index in [4.69, 9.17) is 17.3 Å². The fraction of sp³-hybridized carbons (Fsp3) is 0.267. The highest BCUT2D eigenvalue weighted by Gasteiger charge is 2.21. The largest absolute Gasteiger partial charge is 0.324 e. The van der Waals surface area contributed by atoms with Gasteiger partial charge in [-0.05, 0) is 49.1 Å². The van der Waals surface area contributed by atoms with Gasteiger partial charge in [-0.15, -0.1) is 0 Å². The average Bonchev–Trinajstić information content (AvgIpc) is 2.84. The maximum absolute atomic E-state index is 9.23. The summed E-state index contributed by atoms with van der Waals surface area (Å²) in [5, 5.41) is 9.87. The second kappa shape index (κ2) is 4.73. The summed E-state index contributed by atoms with van der Waals surface area (Å²) in [6.45, 7) is 0. The fourth-order valence-corrected chi connectivity index (χ4v) is 2.92. The van der Waals surface area contributed by atoms with Crippen molar-refractivity contribution in [1.82, 2.24) is 4.57 Å². The summed E-state index contributed by atoms with van der Waals surface area (Å²) in [5.41, 5.74) is 9.99. The lowest BCUT2D eigenvalue weighted by atomic mass is 9.93. The molecule has 96 valence electrons. The molecule has 4 heteroatoms. The standard InChI is InChI=1S/C15H14ClN3/c16-11-5-4-10(9-17)15(8-11)19-7-6-12-13(18)2-1-3-14(12)19/h4-8,13H,1-3,18H2. The van der Waals surface area contributed by atoms with Crippen molar-refractivity contribution < 1.29 is 0 Å². The van der Waals surface area contributed by atoms with Crippen LogP contribution >= 0.6 is 11.6 Å². The van der Waals surface area contributed by atoms with E-state index >= 15 is 0 Å². The Morgan fingerprint density at radius 1 is 1.37 bits per heavy atom. The number of aromatic nitrogens is 1. The average molecular weight is 272 g/mol. The lowest BCUT2D eigenvalue weighted by molar-refractivity contribution is 0.560. The third kappa shape index (κ3) is 2.03. The fourth-order valence-electron chi connectivity index (χ4n) is 2.75. The molecule has 0 amide bonds. The van der Waals surface area contributed by atoms with E-state index in [1.54, 1.807) is 12.1 Å². The lowest BCUT2D eigenvalue weighted by Gasteiger charge is -2.21. The van der Waals surface area contributed by atoms with E-state index in [1.807, 2.05) is 12.3 Å². The Morgan fingerprint density at radius 2 is 2.21 bits per heavy atom. The first-order chi connectivity index (χ1) is 9.20. The van der Waals surface area contributed by atoms with Crippen LogP contribution in [-0.2, 0) is 6.42 Å². The van der Waals surface area contributed by atoms with E-state index in [0.717, 1.165) is 24.9 Å². The normalized spacial score (nSPS) is 17.8. The third-order valence-electron chi connectivity index (χ3n) is 3.70. The van der Waals surface area contributed by atoms with Crippen LogP contribution in [0.25, 0.3) is 5.69 Å².